The molecule has 176 valence electrons. The Morgan fingerprint density at radius 2 is 2.15 bits per heavy atom. The van der Waals surface area contributed by atoms with E-state index in [9.17, 15) is 0 Å². The molecule has 0 amide bonds. The highest BCUT2D eigenvalue weighted by atomic mass is 31.2. The lowest BCUT2D eigenvalue weighted by Crippen LogP contribution is -2.16. The van der Waals surface area contributed by atoms with Gasteiger partial charge >= 0.3 is 8.60 Å². The molecular weight excluding hydrogens is 451 g/mol. The molecule has 2 N–H and O–H groups in total. The van der Waals surface area contributed by atoms with Gasteiger partial charge in [0.1, 0.15) is 18.1 Å². The Morgan fingerprint density at radius 3 is 2.97 bits per heavy atom. The van der Waals surface area contributed by atoms with E-state index in [1.165, 1.54) is 6.33 Å². The van der Waals surface area contributed by atoms with Crippen LogP contribution in [0, 0.1) is 5.92 Å². The molecule has 5 unspecified atom stereocenters. The molecule has 13 heteroatoms. The maximum atomic E-state index is 6.26. The summed E-state index contributed by atoms with van der Waals surface area (Å²) in [4.78, 5) is 22.1. The molecule has 2 saturated heterocycles. The number of pyridine rings is 1. The lowest BCUT2D eigenvalue weighted by Gasteiger charge is -2.20. The van der Waals surface area contributed by atoms with Crippen LogP contribution in [-0.2, 0) is 23.3 Å². The predicted molar refractivity (Wildman–Crippen MR) is 117 cm³/mol. The number of fused-ring (bicyclic) bond motifs is 1. The number of ether oxygens (including phenoxy) is 2. The molecule has 2 aliphatic rings. The molecule has 2 fully saturated rings. The third kappa shape index (κ3) is 4.77. The first-order valence-electron chi connectivity index (χ1n) is 10.6. The lowest BCUT2D eigenvalue weighted by atomic mass is 10.1. The fourth-order valence-corrected chi connectivity index (χ4v) is 4.98. The number of aromatic nitrogens is 5. The number of imidazole rings is 1. The summed E-state index contributed by atoms with van der Waals surface area (Å²) < 4.78 is 30.5. The average molecular weight is 476 g/mol. The fraction of sp³-hybridized carbons (Fsp3) is 0.500. The second kappa shape index (κ2) is 9.80. The Morgan fingerprint density at radius 1 is 1.24 bits per heavy atom. The van der Waals surface area contributed by atoms with Gasteiger partial charge in [-0.15, -0.1) is 0 Å². The minimum atomic E-state index is -1.71. The zero-order valence-corrected chi connectivity index (χ0v) is 19.1. The number of anilines is 1. The van der Waals surface area contributed by atoms with E-state index in [2.05, 4.69) is 26.9 Å². The summed E-state index contributed by atoms with van der Waals surface area (Å²) in [5.41, 5.74) is 8.01. The zero-order chi connectivity index (χ0) is 22.8. The summed E-state index contributed by atoms with van der Waals surface area (Å²) >= 11 is 0. The monoisotopic (exact) mass is 476 g/mol. The minimum absolute atomic E-state index is 0.152. The van der Waals surface area contributed by atoms with Gasteiger partial charge in [0.2, 0.25) is 5.88 Å². The van der Waals surface area contributed by atoms with Gasteiger partial charge in [0.25, 0.3) is 0 Å². The van der Waals surface area contributed by atoms with E-state index in [0.29, 0.717) is 42.5 Å². The van der Waals surface area contributed by atoms with Crippen LogP contribution in [0.15, 0.2) is 31.0 Å². The van der Waals surface area contributed by atoms with E-state index >= 15 is 0 Å². The molecule has 2 aliphatic heterocycles. The minimum Gasteiger partial charge on any atom is -0.481 e. The molecule has 3 aromatic rings. The Bertz CT molecular complexity index is 1080. The number of nitrogens with two attached hydrogens (primary N) is 1. The molecular formula is C20H25N6O6P. The highest BCUT2D eigenvalue weighted by Gasteiger charge is 2.36. The molecule has 0 aliphatic carbocycles. The zero-order valence-electron chi connectivity index (χ0n) is 18.2. The van der Waals surface area contributed by atoms with Gasteiger partial charge in [0, 0.05) is 24.6 Å². The lowest BCUT2D eigenvalue weighted by molar-refractivity contribution is -0.208. The number of hydrogen-bond acceptors (Lipinski definition) is 11. The van der Waals surface area contributed by atoms with Crippen LogP contribution >= 0.6 is 8.60 Å². The molecule has 5 rings (SSSR count). The van der Waals surface area contributed by atoms with Crippen molar-refractivity contribution in [3.8, 4) is 5.88 Å². The van der Waals surface area contributed by atoms with Crippen molar-refractivity contribution < 1.29 is 28.1 Å². The normalized spacial score (nSPS) is 28.1. The summed E-state index contributed by atoms with van der Waals surface area (Å²) in [5, 5.41) is 0. The van der Waals surface area contributed by atoms with E-state index in [4.69, 9.17) is 33.8 Å². The molecule has 5 atom stereocenters. The van der Waals surface area contributed by atoms with E-state index in [-0.39, 0.29) is 24.4 Å². The van der Waals surface area contributed by atoms with E-state index < -0.39 is 8.60 Å². The van der Waals surface area contributed by atoms with Crippen molar-refractivity contribution in [3.63, 3.8) is 0 Å². The number of nitrogens with zero attached hydrogens (tertiary/aromatic N) is 5. The van der Waals surface area contributed by atoms with Crippen molar-refractivity contribution in [1.82, 2.24) is 24.5 Å². The van der Waals surface area contributed by atoms with Crippen LogP contribution in [0.2, 0.25) is 0 Å². The second-order valence-electron chi connectivity index (χ2n) is 7.88. The standard InChI is InChI=1S/C20H25N6O6P/c1-12-7-14(30-20(12)26-11-25-17-18(21)23-10-24-19(17)26)9-29-33-31-15(5-6-28-32-33)13-3-4-16(27-2)22-8-13/h3-4,8,10-12,14-15,20H,5-7,9H2,1-2H3,(H2,21,23,24). The summed E-state index contributed by atoms with van der Waals surface area (Å²) in [7, 11) is -0.135. The molecule has 0 radical (unpaired) electrons. The second-order valence-corrected chi connectivity index (χ2v) is 8.94. The molecule has 5 heterocycles. The van der Waals surface area contributed by atoms with Gasteiger partial charge in [-0.25, -0.2) is 24.8 Å². The van der Waals surface area contributed by atoms with Crippen LogP contribution in [-0.4, -0.2) is 50.9 Å². The van der Waals surface area contributed by atoms with Gasteiger partial charge < -0.3 is 24.3 Å². The van der Waals surface area contributed by atoms with Crippen molar-refractivity contribution in [2.24, 2.45) is 5.92 Å². The van der Waals surface area contributed by atoms with Crippen LogP contribution in [0.3, 0.4) is 0 Å². The maximum Gasteiger partial charge on any atom is 0.363 e. The highest BCUT2D eigenvalue weighted by Crippen LogP contribution is 2.49. The molecule has 0 saturated carbocycles. The number of nitrogen functional groups attached to an aromatic ring is 1. The summed E-state index contributed by atoms with van der Waals surface area (Å²) in [6.07, 6.45) is 5.60. The van der Waals surface area contributed by atoms with Crippen LogP contribution < -0.4 is 10.5 Å². The van der Waals surface area contributed by atoms with Gasteiger partial charge in [-0.2, -0.15) is 4.67 Å². The largest absolute Gasteiger partial charge is 0.481 e. The van der Waals surface area contributed by atoms with Gasteiger partial charge in [0.15, 0.2) is 11.5 Å². The van der Waals surface area contributed by atoms with Crippen molar-refractivity contribution in [1.29, 1.82) is 0 Å². The Kier molecular flexibility index (Phi) is 6.63. The first-order valence-corrected chi connectivity index (χ1v) is 11.7. The summed E-state index contributed by atoms with van der Waals surface area (Å²) in [6, 6.07) is 3.70. The van der Waals surface area contributed by atoms with Crippen molar-refractivity contribution in [2.45, 2.75) is 38.2 Å². The topological polar surface area (TPSA) is 138 Å². The highest BCUT2D eigenvalue weighted by molar-refractivity contribution is 7.41. The molecule has 0 spiro atoms. The van der Waals surface area contributed by atoms with Crippen molar-refractivity contribution in [3.05, 3.63) is 36.5 Å². The van der Waals surface area contributed by atoms with E-state index in [1.54, 1.807) is 25.7 Å². The SMILES string of the molecule is COc1ccc(C2CCOOP(OCC3CC(C)C(n4cnc5c(N)ncnc54)O3)O2)cn1. The Hall–Kier alpha value is -2.47. The molecule has 0 bridgehead atoms. The van der Waals surface area contributed by atoms with Crippen molar-refractivity contribution in [2.75, 3.05) is 26.1 Å². The van der Waals surface area contributed by atoms with Crippen molar-refractivity contribution >= 4 is 25.6 Å². The van der Waals surface area contributed by atoms with Crippen LogP contribution in [0.25, 0.3) is 11.2 Å². The third-order valence-corrected chi connectivity index (χ3v) is 6.62. The van der Waals surface area contributed by atoms with Crippen LogP contribution in [0.4, 0.5) is 5.82 Å². The average Bonchev–Trinajstić information content (AvgIpc) is 3.34. The Balaban J connectivity index is 1.20. The predicted octanol–water partition coefficient (Wildman–Crippen LogP) is 3.09. The van der Waals surface area contributed by atoms with E-state index in [0.717, 1.165) is 12.0 Å². The first-order chi connectivity index (χ1) is 16.1. The molecule has 0 aromatic carbocycles. The fourth-order valence-electron chi connectivity index (χ4n) is 3.96. The number of hydrogen-bond donors (Lipinski definition) is 1. The maximum absolute atomic E-state index is 6.26. The summed E-state index contributed by atoms with van der Waals surface area (Å²) in [5.74, 6) is 1.10. The molecule has 12 nitrogen and oxygen atoms in total. The van der Waals surface area contributed by atoms with Gasteiger partial charge in [0.05, 0.1) is 38.9 Å². The van der Waals surface area contributed by atoms with Gasteiger partial charge in [-0.05, 0) is 18.1 Å². The van der Waals surface area contributed by atoms with Crippen LogP contribution in [0.1, 0.15) is 37.7 Å². The quantitative estimate of drug-likeness (QED) is 0.415. The van der Waals surface area contributed by atoms with Crippen LogP contribution in [0.5, 0.6) is 5.88 Å². The number of rotatable bonds is 6. The van der Waals surface area contributed by atoms with E-state index in [1.807, 2.05) is 10.6 Å². The van der Waals surface area contributed by atoms with Gasteiger partial charge in [-0.3, -0.25) is 4.57 Å². The van der Waals surface area contributed by atoms with Gasteiger partial charge in [-0.1, -0.05) is 6.92 Å². The number of methoxy groups -OCH3 is 1. The molecule has 33 heavy (non-hydrogen) atoms. The Labute approximate surface area is 191 Å². The third-order valence-electron chi connectivity index (χ3n) is 5.61. The smallest absolute Gasteiger partial charge is 0.363 e. The summed E-state index contributed by atoms with van der Waals surface area (Å²) in [6.45, 7) is 2.80. The molecule has 3 aromatic heterocycles. The first kappa shape index (κ1) is 22.3.